The molecule has 0 spiro atoms. The molecule has 88 valence electrons. The Bertz CT molecular complexity index is 337. The Kier molecular flexibility index (Phi) is 4.43. The first-order valence-corrected chi connectivity index (χ1v) is 5.48. The van der Waals surface area contributed by atoms with Crippen LogP contribution in [0.2, 0.25) is 0 Å². The lowest BCUT2D eigenvalue weighted by atomic mass is 10.0. The normalized spacial score (nSPS) is 14.6. The van der Waals surface area contributed by atoms with Gasteiger partial charge in [-0.05, 0) is 24.5 Å². The van der Waals surface area contributed by atoms with Gasteiger partial charge in [0.15, 0.2) is 0 Å². The van der Waals surface area contributed by atoms with Crippen molar-refractivity contribution >= 4 is 5.91 Å². The quantitative estimate of drug-likeness (QED) is 0.803. The van der Waals surface area contributed by atoms with Crippen LogP contribution < -0.4 is 11.1 Å². The fourth-order valence-corrected chi connectivity index (χ4v) is 1.33. The first kappa shape index (κ1) is 12.6. The smallest absolute Gasteiger partial charge is 0.237 e. The van der Waals surface area contributed by atoms with E-state index in [2.05, 4.69) is 10.3 Å². The van der Waals surface area contributed by atoms with Crippen LogP contribution in [0.25, 0.3) is 0 Å². The predicted molar refractivity (Wildman–Crippen MR) is 63.6 cm³/mol. The Balaban J connectivity index is 2.58. The molecule has 0 aliphatic heterocycles. The van der Waals surface area contributed by atoms with Crippen LogP contribution in [-0.4, -0.2) is 16.9 Å². The van der Waals surface area contributed by atoms with Gasteiger partial charge in [0.1, 0.15) is 0 Å². The highest BCUT2D eigenvalue weighted by Crippen LogP contribution is 2.10. The molecule has 4 nitrogen and oxygen atoms in total. The third-order valence-electron chi connectivity index (χ3n) is 2.56. The summed E-state index contributed by atoms with van der Waals surface area (Å²) in [6.45, 7) is 5.78. The molecular weight excluding hydrogens is 202 g/mol. The Morgan fingerprint density at radius 2 is 2.12 bits per heavy atom. The minimum Gasteiger partial charge on any atom is -0.348 e. The summed E-state index contributed by atoms with van der Waals surface area (Å²) in [7, 11) is 0. The largest absolute Gasteiger partial charge is 0.348 e. The highest BCUT2D eigenvalue weighted by molar-refractivity contribution is 5.82. The summed E-state index contributed by atoms with van der Waals surface area (Å²) in [5.74, 6) is 0.0208. The van der Waals surface area contributed by atoms with Crippen molar-refractivity contribution in [1.82, 2.24) is 10.3 Å². The molecule has 0 aliphatic carbocycles. The molecule has 0 saturated carbocycles. The fraction of sp³-hybridized carbons (Fsp3) is 0.500. The highest BCUT2D eigenvalue weighted by atomic mass is 16.2. The molecule has 0 aromatic carbocycles. The third-order valence-corrected chi connectivity index (χ3v) is 2.56. The van der Waals surface area contributed by atoms with Crippen molar-refractivity contribution in [2.24, 2.45) is 11.7 Å². The van der Waals surface area contributed by atoms with Crippen molar-refractivity contribution in [1.29, 1.82) is 0 Å². The van der Waals surface area contributed by atoms with Crippen molar-refractivity contribution in [2.75, 3.05) is 0 Å². The summed E-state index contributed by atoms with van der Waals surface area (Å²) in [4.78, 5) is 15.7. The number of rotatable bonds is 4. The minimum absolute atomic E-state index is 0.0639. The van der Waals surface area contributed by atoms with Crippen LogP contribution in [0.3, 0.4) is 0 Å². The molecule has 0 bridgehead atoms. The molecule has 1 heterocycles. The molecule has 0 fully saturated rings. The zero-order chi connectivity index (χ0) is 12.1. The summed E-state index contributed by atoms with van der Waals surface area (Å²) in [6, 6.07) is 3.25. The lowest BCUT2D eigenvalue weighted by Gasteiger charge is -2.19. The van der Waals surface area contributed by atoms with E-state index in [4.69, 9.17) is 5.73 Å². The molecular formula is C12H19N3O. The average Bonchev–Trinajstić information content (AvgIpc) is 2.28. The third kappa shape index (κ3) is 3.31. The predicted octanol–water partition coefficient (Wildman–Crippen LogP) is 1.24. The number of nitrogens with one attached hydrogen (secondary N) is 1. The summed E-state index contributed by atoms with van der Waals surface area (Å²) < 4.78 is 0. The number of carbonyl (C=O) groups is 1. The van der Waals surface area contributed by atoms with Crippen LogP contribution in [0.4, 0.5) is 0 Å². The molecule has 1 unspecified atom stereocenters. The van der Waals surface area contributed by atoms with E-state index in [1.165, 1.54) is 0 Å². The van der Waals surface area contributed by atoms with Crippen LogP contribution in [0.1, 0.15) is 32.4 Å². The second-order valence-corrected chi connectivity index (χ2v) is 4.29. The van der Waals surface area contributed by atoms with Gasteiger partial charge in [-0.2, -0.15) is 0 Å². The number of carbonyl (C=O) groups excluding carboxylic acids is 1. The topological polar surface area (TPSA) is 68.0 Å². The van der Waals surface area contributed by atoms with E-state index in [9.17, 15) is 4.79 Å². The fourth-order valence-electron chi connectivity index (χ4n) is 1.33. The van der Waals surface area contributed by atoms with Gasteiger partial charge < -0.3 is 11.1 Å². The molecule has 1 aromatic rings. The van der Waals surface area contributed by atoms with E-state index in [1.807, 2.05) is 32.9 Å². The van der Waals surface area contributed by atoms with Gasteiger partial charge in [-0.1, -0.05) is 19.9 Å². The molecule has 0 saturated heterocycles. The Hall–Kier alpha value is -1.42. The molecule has 1 aromatic heterocycles. The standard InChI is InChI=1S/C12H19N3O/c1-8(2)11(13)12(16)15-9(3)10-5-4-6-14-7-10/h4-9,11H,13H2,1-3H3,(H,15,16)/t9-,11?/m1/s1. The van der Waals surface area contributed by atoms with Gasteiger partial charge in [-0.15, -0.1) is 0 Å². The molecule has 3 N–H and O–H groups in total. The average molecular weight is 221 g/mol. The molecule has 4 heteroatoms. The first-order chi connectivity index (χ1) is 7.52. The molecule has 1 amide bonds. The summed E-state index contributed by atoms with van der Waals surface area (Å²) in [6.07, 6.45) is 3.45. The van der Waals surface area contributed by atoms with Crippen LogP contribution >= 0.6 is 0 Å². The molecule has 16 heavy (non-hydrogen) atoms. The lowest BCUT2D eigenvalue weighted by Crippen LogP contribution is -2.44. The monoisotopic (exact) mass is 221 g/mol. The van der Waals surface area contributed by atoms with Gasteiger partial charge in [0, 0.05) is 12.4 Å². The van der Waals surface area contributed by atoms with E-state index in [1.54, 1.807) is 12.4 Å². The van der Waals surface area contributed by atoms with Gasteiger partial charge >= 0.3 is 0 Å². The number of amides is 1. The number of hydrogen-bond acceptors (Lipinski definition) is 3. The van der Waals surface area contributed by atoms with E-state index < -0.39 is 6.04 Å². The molecule has 2 atom stereocenters. The Morgan fingerprint density at radius 1 is 1.44 bits per heavy atom. The number of hydrogen-bond donors (Lipinski definition) is 2. The van der Waals surface area contributed by atoms with Gasteiger partial charge in [0.25, 0.3) is 0 Å². The molecule has 0 aliphatic rings. The lowest BCUT2D eigenvalue weighted by molar-refractivity contribution is -0.123. The zero-order valence-electron chi connectivity index (χ0n) is 9.97. The maximum atomic E-state index is 11.7. The van der Waals surface area contributed by atoms with Crippen LogP contribution in [-0.2, 0) is 4.79 Å². The number of nitrogens with two attached hydrogens (primary N) is 1. The van der Waals surface area contributed by atoms with Crippen LogP contribution in [0.5, 0.6) is 0 Å². The summed E-state index contributed by atoms with van der Waals surface area (Å²) in [5.41, 5.74) is 6.74. The number of pyridine rings is 1. The van der Waals surface area contributed by atoms with Gasteiger partial charge in [0.2, 0.25) is 5.91 Å². The van der Waals surface area contributed by atoms with Gasteiger partial charge in [-0.3, -0.25) is 9.78 Å². The van der Waals surface area contributed by atoms with Crippen LogP contribution in [0.15, 0.2) is 24.5 Å². The molecule has 0 radical (unpaired) electrons. The van der Waals surface area contributed by atoms with Crippen LogP contribution in [0, 0.1) is 5.92 Å². The second-order valence-electron chi connectivity index (χ2n) is 4.29. The van der Waals surface area contributed by atoms with Gasteiger partial charge in [-0.25, -0.2) is 0 Å². The van der Waals surface area contributed by atoms with Crippen molar-refractivity contribution in [3.05, 3.63) is 30.1 Å². The Labute approximate surface area is 96.3 Å². The van der Waals surface area contributed by atoms with E-state index in [0.717, 1.165) is 5.56 Å². The maximum Gasteiger partial charge on any atom is 0.237 e. The van der Waals surface area contributed by atoms with E-state index in [0.29, 0.717) is 0 Å². The Morgan fingerprint density at radius 3 is 2.62 bits per heavy atom. The van der Waals surface area contributed by atoms with Gasteiger partial charge in [0.05, 0.1) is 12.1 Å². The maximum absolute atomic E-state index is 11.7. The first-order valence-electron chi connectivity index (χ1n) is 5.48. The van der Waals surface area contributed by atoms with Crippen molar-refractivity contribution < 1.29 is 4.79 Å². The highest BCUT2D eigenvalue weighted by Gasteiger charge is 2.19. The van der Waals surface area contributed by atoms with Crippen molar-refractivity contribution in [3.63, 3.8) is 0 Å². The summed E-state index contributed by atoms with van der Waals surface area (Å²) in [5, 5.41) is 2.87. The van der Waals surface area contributed by atoms with E-state index in [-0.39, 0.29) is 17.9 Å². The number of aromatic nitrogens is 1. The minimum atomic E-state index is -0.459. The molecule has 1 rings (SSSR count). The zero-order valence-corrected chi connectivity index (χ0v) is 9.97. The van der Waals surface area contributed by atoms with Crippen molar-refractivity contribution in [3.8, 4) is 0 Å². The summed E-state index contributed by atoms with van der Waals surface area (Å²) >= 11 is 0. The SMILES string of the molecule is CC(C)C(N)C(=O)N[C@H](C)c1cccnc1. The number of nitrogens with zero attached hydrogens (tertiary/aromatic N) is 1. The second kappa shape index (κ2) is 5.61. The van der Waals surface area contributed by atoms with Crippen molar-refractivity contribution in [2.45, 2.75) is 32.9 Å². The van der Waals surface area contributed by atoms with E-state index >= 15 is 0 Å².